The minimum Gasteiger partial charge on any atom is -0.353 e. The van der Waals surface area contributed by atoms with Gasteiger partial charge in [-0.15, -0.1) is 0 Å². The van der Waals surface area contributed by atoms with Gasteiger partial charge in [0.2, 0.25) is 0 Å². The van der Waals surface area contributed by atoms with Crippen molar-refractivity contribution >= 4 is 16.9 Å². The van der Waals surface area contributed by atoms with Gasteiger partial charge in [-0.3, -0.25) is 0 Å². The van der Waals surface area contributed by atoms with Gasteiger partial charge in [0.05, 0.1) is 23.1 Å². The molecule has 0 spiro atoms. The number of hydrogen-bond donors (Lipinski definition) is 1. The van der Waals surface area contributed by atoms with Gasteiger partial charge in [0.15, 0.2) is 0 Å². The van der Waals surface area contributed by atoms with Crippen molar-refractivity contribution in [2.24, 2.45) is 0 Å². The summed E-state index contributed by atoms with van der Waals surface area (Å²) < 4.78 is 28.5. The summed E-state index contributed by atoms with van der Waals surface area (Å²) in [7, 11) is 0. The predicted molar refractivity (Wildman–Crippen MR) is 106 cm³/mol. The van der Waals surface area contributed by atoms with Crippen molar-refractivity contribution in [2.45, 2.75) is 12.6 Å². The van der Waals surface area contributed by atoms with Crippen LogP contribution in [0, 0.1) is 5.82 Å². The van der Waals surface area contributed by atoms with Gasteiger partial charge < -0.3 is 9.88 Å². The van der Waals surface area contributed by atoms with Gasteiger partial charge in [-0.25, -0.2) is 18.7 Å². The number of halogens is 2. The number of benzene rings is 2. The summed E-state index contributed by atoms with van der Waals surface area (Å²) in [5, 5.41) is 0. The van der Waals surface area contributed by atoms with Crippen LogP contribution in [0.25, 0.3) is 33.5 Å². The van der Waals surface area contributed by atoms with E-state index in [9.17, 15) is 8.78 Å². The van der Waals surface area contributed by atoms with Gasteiger partial charge in [0.25, 0.3) is 0 Å². The lowest BCUT2D eigenvalue weighted by atomic mass is 9.99. The maximum Gasteiger partial charge on any atom is 0.142 e. The van der Waals surface area contributed by atoms with E-state index in [0.717, 1.165) is 11.0 Å². The number of nitrogens with one attached hydrogen (secondary N) is 1. The van der Waals surface area contributed by atoms with Crippen molar-refractivity contribution in [2.75, 3.05) is 18.0 Å². The zero-order valence-electron chi connectivity index (χ0n) is 15.1. The zero-order valence-corrected chi connectivity index (χ0v) is 15.1. The molecule has 2 aromatic heterocycles. The van der Waals surface area contributed by atoms with E-state index >= 15 is 0 Å². The minimum absolute atomic E-state index is 0.279. The quantitative estimate of drug-likeness (QED) is 0.548. The molecule has 1 saturated heterocycles. The van der Waals surface area contributed by atoms with Gasteiger partial charge in [-0.1, -0.05) is 30.3 Å². The second-order valence-corrected chi connectivity index (χ2v) is 6.97. The highest BCUT2D eigenvalue weighted by molar-refractivity contribution is 5.91. The maximum absolute atomic E-state index is 14.6. The number of pyridine rings is 1. The Bertz CT molecular complexity index is 1120. The molecule has 1 N–H and O–H groups in total. The molecule has 1 fully saturated rings. The second-order valence-electron chi connectivity index (χ2n) is 6.97. The number of aromatic amines is 1. The number of anilines is 1. The Labute approximate surface area is 160 Å². The SMILES string of the molecule is Fc1ccccc1-c1ccnc(N2CCC(F)C2)c1-c1nc2ccccc2[nH]1. The molecule has 0 bridgehead atoms. The molecule has 2 aromatic carbocycles. The number of hydrogen-bond acceptors (Lipinski definition) is 3. The lowest BCUT2D eigenvalue weighted by Crippen LogP contribution is -2.22. The first kappa shape index (κ1) is 16.9. The Kier molecular flexibility index (Phi) is 4.04. The fraction of sp³-hybridized carbons (Fsp3) is 0.182. The van der Waals surface area contributed by atoms with Gasteiger partial charge in [-0.05, 0) is 30.7 Å². The first-order chi connectivity index (χ1) is 13.7. The number of rotatable bonds is 3. The average molecular weight is 376 g/mol. The van der Waals surface area contributed by atoms with E-state index < -0.39 is 6.17 Å². The molecule has 1 atom stereocenters. The van der Waals surface area contributed by atoms with E-state index in [1.165, 1.54) is 6.07 Å². The number of nitrogens with zero attached hydrogens (tertiary/aromatic N) is 3. The fourth-order valence-electron chi connectivity index (χ4n) is 3.81. The molecular formula is C22H18F2N4. The molecule has 140 valence electrons. The third-order valence-corrected chi connectivity index (χ3v) is 5.15. The smallest absolute Gasteiger partial charge is 0.142 e. The Balaban J connectivity index is 1.77. The molecule has 5 rings (SSSR count). The third-order valence-electron chi connectivity index (χ3n) is 5.15. The molecule has 4 aromatic rings. The maximum atomic E-state index is 14.6. The van der Waals surface area contributed by atoms with Crippen LogP contribution in [0.5, 0.6) is 0 Å². The average Bonchev–Trinajstić information content (AvgIpc) is 3.34. The Morgan fingerprint density at radius 1 is 1.00 bits per heavy atom. The van der Waals surface area contributed by atoms with E-state index in [0.29, 0.717) is 41.3 Å². The molecular weight excluding hydrogens is 358 g/mol. The number of para-hydroxylation sites is 2. The van der Waals surface area contributed by atoms with Crippen molar-refractivity contribution in [3.05, 3.63) is 66.6 Å². The number of aromatic nitrogens is 3. The molecule has 1 unspecified atom stereocenters. The van der Waals surface area contributed by atoms with Gasteiger partial charge in [0, 0.05) is 23.9 Å². The van der Waals surface area contributed by atoms with Crippen LogP contribution in [-0.4, -0.2) is 34.2 Å². The first-order valence-electron chi connectivity index (χ1n) is 9.29. The Morgan fingerprint density at radius 2 is 1.82 bits per heavy atom. The van der Waals surface area contributed by atoms with Crippen molar-refractivity contribution in [3.8, 4) is 22.5 Å². The third kappa shape index (κ3) is 2.81. The highest BCUT2D eigenvalue weighted by Gasteiger charge is 2.28. The normalized spacial score (nSPS) is 16.8. The van der Waals surface area contributed by atoms with Crippen molar-refractivity contribution < 1.29 is 8.78 Å². The van der Waals surface area contributed by atoms with Gasteiger partial charge >= 0.3 is 0 Å². The first-order valence-corrected chi connectivity index (χ1v) is 9.29. The highest BCUT2D eigenvalue weighted by Crippen LogP contribution is 2.39. The minimum atomic E-state index is -0.887. The molecule has 1 aliphatic rings. The number of fused-ring (bicyclic) bond motifs is 1. The zero-order chi connectivity index (χ0) is 19.1. The second kappa shape index (κ2) is 6.71. The summed E-state index contributed by atoms with van der Waals surface area (Å²) in [5.74, 6) is 0.909. The summed E-state index contributed by atoms with van der Waals surface area (Å²) in [5.41, 5.74) is 3.55. The van der Waals surface area contributed by atoms with Crippen LogP contribution in [0.4, 0.5) is 14.6 Å². The Morgan fingerprint density at radius 3 is 2.61 bits per heavy atom. The van der Waals surface area contributed by atoms with Crippen LogP contribution < -0.4 is 4.90 Å². The molecule has 0 aliphatic carbocycles. The fourth-order valence-corrected chi connectivity index (χ4v) is 3.81. The van der Waals surface area contributed by atoms with Crippen LogP contribution in [-0.2, 0) is 0 Å². The lowest BCUT2D eigenvalue weighted by Gasteiger charge is -2.21. The molecule has 28 heavy (non-hydrogen) atoms. The van der Waals surface area contributed by atoms with E-state index in [1.807, 2.05) is 29.2 Å². The molecule has 0 saturated carbocycles. The van der Waals surface area contributed by atoms with Crippen LogP contribution in [0.1, 0.15) is 6.42 Å². The van der Waals surface area contributed by atoms with Gasteiger partial charge in [0.1, 0.15) is 23.6 Å². The lowest BCUT2D eigenvalue weighted by molar-refractivity contribution is 0.364. The van der Waals surface area contributed by atoms with E-state index in [4.69, 9.17) is 4.98 Å². The summed E-state index contributed by atoms with van der Waals surface area (Å²) in [6.07, 6.45) is 1.22. The summed E-state index contributed by atoms with van der Waals surface area (Å²) in [6.45, 7) is 0.850. The van der Waals surface area contributed by atoms with Gasteiger partial charge in [-0.2, -0.15) is 0 Å². The number of alkyl halides is 1. The topological polar surface area (TPSA) is 44.8 Å². The van der Waals surface area contributed by atoms with E-state index in [2.05, 4.69) is 9.97 Å². The Hall–Kier alpha value is -3.28. The molecule has 3 heterocycles. The summed E-state index contributed by atoms with van der Waals surface area (Å²) >= 11 is 0. The summed E-state index contributed by atoms with van der Waals surface area (Å²) in [4.78, 5) is 14.5. The monoisotopic (exact) mass is 376 g/mol. The predicted octanol–water partition coefficient (Wildman–Crippen LogP) is 4.98. The van der Waals surface area contributed by atoms with Crippen LogP contribution in [0.3, 0.4) is 0 Å². The summed E-state index contributed by atoms with van der Waals surface area (Å²) in [6, 6.07) is 16.1. The largest absolute Gasteiger partial charge is 0.353 e. The van der Waals surface area contributed by atoms with Crippen molar-refractivity contribution in [1.29, 1.82) is 0 Å². The number of imidazole rings is 1. The number of H-pyrrole nitrogens is 1. The standard InChI is InChI=1S/C22H18F2N4/c23-14-10-12-28(13-14)22-20(21-26-18-7-3-4-8-19(18)27-21)16(9-11-25-22)15-5-1-2-6-17(15)24/h1-9,11,14H,10,12-13H2,(H,26,27). The van der Waals surface area contributed by atoms with Crippen LogP contribution in [0.15, 0.2) is 60.8 Å². The molecule has 6 heteroatoms. The van der Waals surface area contributed by atoms with Crippen molar-refractivity contribution in [3.63, 3.8) is 0 Å². The van der Waals surface area contributed by atoms with Crippen LogP contribution in [0.2, 0.25) is 0 Å². The van der Waals surface area contributed by atoms with E-state index in [1.54, 1.807) is 30.5 Å². The molecule has 0 amide bonds. The van der Waals surface area contributed by atoms with E-state index in [-0.39, 0.29) is 12.4 Å². The van der Waals surface area contributed by atoms with Crippen molar-refractivity contribution in [1.82, 2.24) is 15.0 Å². The van der Waals surface area contributed by atoms with Crippen LogP contribution >= 0.6 is 0 Å². The molecule has 1 aliphatic heterocycles. The molecule has 0 radical (unpaired) electrons. The molecule has 4 nitrogen and oxygen atoms in total. The highest BCUT2D eigenvalue weighted by atomic mass is 19.1.